The van der Waals surface area contributed by atoms with Crippen molar-refractivity contribution in [2.45, 2.75) is 24.5 Å². The molecule has 0 unspecified atom stereocenters. The van der Waals surface area contributed by atoms with Gasteiger partial charge in [0.1, 0.15) is 45.4 Å². The van der Waals surface area contributed by atoms with Gasteiger partial charge >= 0.3 is 0 Å². The van der Waals surface area contributed by atoms with Crippen LogP contribution in [-0.2, 0) is 20.8 Å². The van der Waals surface area contributed by atoms with Gasteiger partial charge in [-0.2, -0.15) is 0 Å². The maximum absolute atomic E-state index is 14.4. The molecule has 3 aromatic rings. The Labute approximate surface area is 269 Å². The van der Waals surface area contributed by atoms with Gasteiger partial charge in [0.25, 0.3) is 5.91 Å². The molecular weight excluding hydrogens is 612 g/mol. The number of benzene rings is 2. The molecule has 6 rings (SSSR count). The Bertz CT molecular complexity index is 1920. The fourth-order valence-corrected chi connectivity index (χ4v) is 7.40. The lowest BCUT2D eigenvalue weighted by atomic mass is 9.57. The average molecular weight is 649 g/mol. The van der Waals surface area contributed by atoms with Crippen LogP contribution in [0.2, 0.25) is 0 Å². The fraction of sp³-hybridized carbons (Fsp3) is 0.394. The molecular formula is C33H36N4O10. The van der Waals surface area contributed by atoms with E-state index in [1.807, 2.05) is 25.1 Å². The number of anilines is 1. The predicted octanol–water partition coefficient (Wildman–Crippen LogP) is 2.16. The first-order valence-electron chi connectivity index (χ1n) is 14.8. The molecule has 1 fully saturated rings. The quantitative estimate of drug-likeness (QED) is 0.272. The smallest absolute Gasteiger partial charge is 0.255 e. The minimum absolute atomic E-state index is 0.0264. The van der Waals surface area contributed by atoms with Crippen molar-refractivity contribution in [2.24, 2.45) is 17.6 Å². The third kappa shape index (κ3) is 4.38. The lowest BCUT2D eigenvalue weighted by Gasteiger charge is -2.50. The van der Waals surface area contributed by atoms with Crippen LogP contribution in [0.5, 0.6) is 17.2 Å². The molecule has 3 aliphatic rings. The van der Waals surface area contributed by atoms with Gasteiger partial charge in [-0.1, -0.05) is 0 Å². The highest BCUT2D eigenvalue weighted by molar-refractivity contribution is 6.24. The predicted molar refractivity (Wildman–Crippen MR) is 170 cm³/mol. The molecule has 1 amide bonds. The van der Waals surface area contributed by atoms with E-state index < -0.39 is 58.0 Å². The van der Waals surface area contributed by atoms with E-state index in [0.29, 0.717) is 39.6 Å². The van der Waals surface area contributed by atoms with Gasteiger partial charge in [-0.15, -0.1) is 0 Å². The molecule has 0 bridgehead atoms. The second kappa shape index (κ2) is 11.0. The number of primary amides is 1. The number of hydrogen-bond acceptors (Lipinski definition) is 13. The van der Waals surface area contributed by atoms with Crippen molar-refractivity contribution in [3.05, 3.63) is 46.2 Å². The second-order valence-corrected chi connectivity index (χ2v) is 12.4. The first kappa shape index (κ1) is 31.9. The summed E-state index contributed by atoms with van der Waals surface area (Å²) in [7, 11) is 11.3. The summed E-state index contributed by atoms with van der Waals surface area (Å²) in [5.41, 5.74) is 4.18. The lowest BCUT2D eigenvalue weighted by molar-refractivity contribution is -0.153. The number of hydrogen-bond donors (Lipinski definition) is 4. The van der Waals surface area contributed by atoms with Crippen LogP contribution in [0.15, 0.2) is 39.5 Å². The maximum Gasteiger partial charge on any atom is 0.255 e. The van der Waals surface area contributed by atoms with Crippen molar-refractivity contribution in [1.82, 2.24) is 9.88 Å². The Kier molecular flexibility index (Phi) is 7.48. The summed E-state index contributed by atoms with van der Waals surface area (Å²) in [6.07, 6.45) is 0.252. The van der Waals surface area contributed by atoms with E-state index in [2.05, 4.69) is 0 Å². The maximum atomic E-state index is 14.4. The van der Waals surface area contributed by atoms with Crippen LogP contribution in [0.4, 0.5) is 5.69 Å². The number of aliphatic hydroxyl groups is 3. The minimum Gasteiger partial charge on any atom is -0.508 e. The molecule has 3 aliphatic carbocycles. The van der Waals surface area contributed by atoms with Crippen LogP contribution in [0.3, 0.4) is 0 Å². The van der Waals surface area contributed by atoms with Gasteiger partial charge in [-0.05, 0) is 44.5 Å². The number of aromatic nitrogens is 1. The molecule has 14 nitrogen and oxygen atoms in total. The van der Waals surface area contributed by atoms with Gasteiger partial charge in [0.2, 0.25) is 11.7 Å². The third-order valence-corrected chi connectivity index (χ3v) is 9.49. The number of oxazole rings is 1. The largest absolute Gasteiger partial charge is 0.508 e. The lowest BCUT2D eigenvalue weighted by Crippen LogP contribution is -2.65. The van der Waals surface area contributed by atoms with Gasteiger partial charge in [0.05, 0.1) is 32.9 Å². The number of nitrogens with zero attached hydrogens (tertiary/aromatic N) is 3. The van der Waals surface area contributed by atoms with Gasteiger partial charge in [0.15, 0.2) is 17.0 Å². The van der Waals surface area contributed by atoms with Crippen molar-refractivity contribution in [1.29, 1.82) is 0 Å². The summed E-state index contributed by atoms with van der Waals surface area (Å²) in [5, 5.41) is 35.1. The van der Waals surface area contributed by atoms with Crippen molar-refractivity contribution in [3.63, 3.8) is 0 Å². The highest BCUT2D eigenvalue weighted by atomic mass is 16.5. The van der Waals surface area contributed by atoms with Gasteiger partial charge in [-0.25, -0.2) is 4.98 Å². The normalized spacial score (nSPS) is 23.9. The summed E-state index contributed by atoms with van der Waals surface area (Å²) < 4.78 is 22.9. The Morgan fingerprint density at radius 1 is 1.02 bits per heavy atom. The molecule has 47 heavy (non-hydrogen) atoms. The zero-order valence-corrected chi connectivity index (χ0v) is 27.0. The Balaban J connectivity index is 1.61. The zero-order chi connectivity index (χ0) is 34.3. The Morgan fingerprint density at radius 2 is 1.66 bits per heavy atom. The number of amides is 1. The number of nitrogens with two attached hydrogens (primary N) is 1. The molecule has 1 saturated carbocycles. The SMILES string of the molecule is COc1cc(OC)c(-c2nc3cc(N(C)C)c4c(c3o2)C(O)=C2C(=O)[C@]3(O)C(O)=C(C(N)=O)C(=O)[C@@H](N(C)C)[C@@H]3C[C@@H]2C4)c(OC)c1. The summed E-state index contributed by atoms with van der Waals surface area (Å²) in [4.78, 5) is 48.1. The van der Waals surface area contributed by atoms with Crippen LogP contribution in [0.25, 0.3) is 28.3 Å². The van der Waals surface area contributed by atoms with Crippen LogP contribution < -0.4 is 24.8 Å². The van der Waals surface area contributed by atoms with Crippen LogP contribution >= 0.6 is 0 Å². The van der Waals surface area contributed by atoms with Crippen LogP contribution in [-0.4, -0.2) is 104 Å². The van der Waals surface area contributed by atoms with E-state index >= 15 is 0 Å². The molecule has 0 radical (unpaired) electrons. The number of methoxy groups -OCH3 is 3. The van der Waals surface area contributed by atoms with Crippen LogP contribution in [0, 0.1) is 11.8 Å². The minimum atomic E-state index is -2.70. The van der Waals surface area contributed by atoms with E-state index in [0.717, 1.165) is 0 Å². The number of likely N-dealkylation sites (N-methyl/N-ethyl adjacent to an activating group) is 1. The third-order valence-electron chi connectivity index (χ3n) is 9.49. The standard InChI is InChI=1S/C33H36N4O10/c1-36(2)18-12-17-28(47-32(35-17)23-19(45-6)10-14(44-5)11-20(23)46-7)22-15(18)8-13-9-16-25(37(3)4)27(39)24(31(34)42)30(41)33(16,43)29(40)21(13)26(22)38/h10-13,16,25,38,41,43H,8-9H2,1-7H3,(H2,34,42)/t13-,16-,25-,33-/m0/s1. The topological polar surface area (TPSA) is 198 Å². The fourth-order valence-electron chi connectivity index (χ4n) is 7.40. The first-order valence-corrected chi connectivity index (χ1v) is 14.8. The number of Topliss-reactive ketones (excluding diaryl/α,β-unsaturated/α-hetero) is 2. The van der Waals surface area contributed by atoms with Gasteiger partial charge in [-0.3, -0.25) is 19.3 Å². The number of ketones is 2. The Hall–Kier alpha value is -5.08. The van der Waals surface area contributed by atoms with Crippen molar-refractivity contribution >= 4 is 40.0 Å². The number of carbonyl (C=O) groups is 3. The summed E-state index contributed by atoms with van der Waals surface area (Å²) in [6, 6.07) is 3.95. The molecule has 4 atom stereocenters. The number of fused-ring (bicyclic) bond motifs is 5. The summed E-state index contributed by atoms with van der Waals surface area (Å²) >= 11 is 0. The molecule has 14 heteroatoms. The van der Waals surface area contributed by atoms with E-state index in [-0.39, 0.29) is 35.5 Å². The molecule has 0 spiro atoms. The molecule has 0 aliphatic heterocycles. The number of ether oxygens (including phenoxy) is 3. The molecule has 0 saturated heterocycles. The van der Waals surface area contributed by atoms with Gasteiger partial charge < -0.3 is 44.6 Å². The molecule has 5 N–H and O–H groups in total. The number of rotatable bonds is 7. The van der Waals surface area contributed by atoms with Crippen molar-refractivity contribution in [2.75, 3.05) is 54.4 Å². The van der Waals surface area contributed by atoms with E-state index in [1.54, 1.807) is 26.2 Å². The molecule has 2 aromatic carbocycles. The van der Waals surface area contributed by atoms with E-state index in [9.17, 15) is 29.7 Å². The monoisotopic (exact) mass is 648 g/mol. The highest BCUT2D eigenvalue weighted by Crippen LogP contribution is 2.54. The van der Waals surface area contributed by atoms with Crippen LogP contribution in [0.1, 0.15) is 17.5 Å². The van der Waals surface area contributed by atoms with Crippen molar-refractivity contribution < 1.29 is 48.3 Å². The van der Waals surface area contributed by atoms with Gasteiger partial charge in [0, 0.05) is 43.4 Å². The highest BCUT2D eigenvalue weighted by Gasteiger charge is 2.64. The molecule has 248 valence electrons. The molecule has 1 aromatic heterocycles. The molecule has 1 heterocycles. The summed E-state index contributed by atoms with van der Waals surface area (Å²) in [5.74, 6) is -5.18. The summed E-state index contributed by atoms with van der Waals surface area (Å²) in [6.45, 7) is 0. The van der Waals surface area contributed by atoms with Crippen molar-refractivity contribution in [3.8, 4) is 28.7 Å². The number of aliphatic hydroxyl groups excluding tert-OH is 2. The van der Waals surface area contributed by atoms with E-state index in [1.165, 1.54) is 26.2 Å². The zero-order valence-electron chi connectivity index (χ0n) is 27.0. The average Bonchev–Trinajstić information content (AvgIpc) is 3.44. The number of carbonyl (C=O) groups excluding carboxylic acids is 3. The van der Waals surface area contributed by atoms with E-state index in [4.69, 9.17) is 29.3 Å². The Morgan fingerprint density at radius 3 is 2.19 bits per heavy atom. The second-order valence-electron chi connectivity index (χ2n) is 12.4. The first-order chi connectivity index (χ1) is 22.2.